The Bertz CT molecular complexity index is 773. The summed E-state index contributed by atoms with van der Waals surface area (Å²) in [5, 5.41) is 0. The predicted octanol–water partition coefficient (Wildman–Crippen LogP) is 3.04. The highest BCUT2D eigenvalue weighted by atomic mass is 16.5. The molecule has 0 aromatic heterocycles. The first-order chi connectivity index (χ1) is 13.7. The van der Waals surface area contributed by atoms with Crippen molar-refractivity contribution in [3.05, 3.63) is 47.5 Å². The van der Waals surface area contributed by atoms with Crippen LogP contribution in [0.15, 0.2) is 36.4 Å². The van der Waals surface area contributed by atoms with E-state index in [2.05, 4.69) is 28.0 Å². The second-order valence-corrected chi connectivity index (χ2v) is 6.89. The molecule has 2 aromatic carbocycles. The highest BCUT2D eigenvalue weighted by Gasteiger charge is 2.20. The largest absolute Gasteiger partial charge is 0.493 e. The standard InChI is InChI=1S/C22H30N2O4/c1-25-19-9-8-17(14-21(19)27-3)15-23-10-12-24(13-11-23)16-18-6-5-7-20(26-2)22(18)28-4/h5-9,14H,10-13,15-16H2,1-4H3. The summed E-state index contributed by atoms with van der Waals surface area (Å²) >= 11 is 0. The van der Waals surface area contributed by atoms with E-state index in [0.29, 0.717) is 0 Å². The fourth-order valence-corrected chi connectivity index (χ4v) is 3.66. The van der Waals surface area contributed by atoms with Crippen molar-refractivity contribution in [2.24, 2.45) is 0 Å². The third kappa shape index (κ3) is 4.69. The Balaban J connectivity index is 1.57. The molecule has 28 heavy (non-hydrogen) atoms. The first-order valence-corrected chi connectivity index (χ1v) is 9.54. The minimum absolute atomic E-state index is 0.767. The summed E-state index contributed by atoms with van der Waals surface area (Å²) in [6, 6.07) is 12.2. The first-order valence-electron chi connectivity index (χ1n) is 9.54. The van der Waals surface area contributed by atoms with Crippen LogP contribution in [0, 0.1) is 0 Å². The Labute approximate surface area is 167 Å². The van der Waals surface area contributed by atoms with Crippen LogP contribution in [0.4, 0.5) is 0 Å². The van der Waals surface area contributed by atoms with E-state index in [0.717, 1.165) is 67.8 Å². The minimum atomic E-state index is 0.767. The lowest BCUT2D eigenvalue weighted by Crippen LogP contribution is -2.45. The van der Waals surface area contributed by atoms with Crippen LogP contribution in [0.2, 0.25) is 0 Å². The molecule has 0 amide bonds. The van der Waals surface area contributed by atoms with E-state index in [-0.39, 0.29) is 0 Å². The SMILES string of the molecule is COc1ccc(CN2CCN(Cc3cccc(OC)c3OC)CC2)cc1OC. The molecule has 6 heteroatoms. The van der Waals surface area contributed by atoms with Gasteiger partial charge in [-0.3, -0.25) is 9.80 Å². The van der Waals surface area contributed by atoms with Crippen molar-refractivity contribution < 1.29 is 18.9 Å². The van der Waals surface area contributed by atoms with Crippen molar-refractivity contribution in [2.45, 2.75) is 13.1 Å². The molecule has 0 spiro atoms. The summed E-state index contributed by atoms with van der Waals surface area (Å²) in [6.07, 6.45) is 0. The van der Waals surface area contributed by atoms with Gasteiger partial charge in [0, 0.05) is 44.8 Å². The summed E-state index contributed by atoms with van der Waals surface area (Å²) in [5.74, 6) is 3.16. The normalized spacial score (nSPS) is 15.3. The number of para-hydroxylation sites is 1. The molecule has 2 aromatic rings. The number of hydrogen-bond donors (Lipinski definition) is 0. The van der Waals surface area contributed by atoms with Crippen molar-refractivity contribution in [3.8, 4) is 23.0 Å². The van der Waals surface area contributed by atoms with Gasteiger partial charge in [-0.25, -0.2) is 0 Å². The second kappa shape index (κ2) is 9.66. The van der Waals surface area contributed by atoms with E-state index in [9.17, 15) is 0 Å². The number of ether oxygens (including phenoxy) is 4. The molecule has 1 saturated heterocycles. The van der Waals surface area contributed by atoms with Gasteiger partial charge in [-0.05, 0) is 23.8 Å². The fourth-order valence-electron chi connectivity index (χ4n) is 3.66. The molecule has 6 nitrogen and oxygen atoms in total. The number of methoxy groups -OCH3 is 4. The Morgan fingerprint density at radius 3 is 1.93 bits per heavy atom. The summed E-state index contributed by atoms with van der Waals surface area (Å²) in [6.45, 7) is 5.88. The molecule has 0 unspecified atom stereocenters. The van der Waals surface area contributed by atoms with Crippen LogP contribution in [0.1, 0.15) is 11.1 Å². The molecule has 0 bridgehead atoms. The molecule has 1 fully saturated rings. The third-order valence-electron chi connectivity index (χ3n) is 5.20. The lowest BCUT2D eigenvalue weighted by atomic mass is 10.1. The quantitative estimate of drug-likeness (QED) is 0.695. The molecule has 0 atom stereocenters. The molecule has 3 rings (SSSR count). The predicted molar refractivity (Wildman–Crippen MR) is 110 cm³/mol. The topological polar surface area (TPSA) is 43.4 Å². The molecule has 0 N–H and O–H groups in total. The van der Waals surface area contributed by atoms with Gasteiger partial charge in [-0.1, -0.05) is 18.2 Å². The molecule has 1 heterocycles. The Hall–Kier alpha value is -2.44. The lowest BCUT2D eigenvalue weighted by Gasteiger charge is -2.35. The van der Waals surface area contributed by atoms with Crippen LogP contribution in [-0.2, 0) is 13.1 Å². The van der Waals surface area contributed by atoms with E-state index < -0.39 is 0 Å². The molecule has 0 aliphatic carbocycles. The second-order valence-electron chi connectivity index (χ2n) is 6.89. The Morgan fingerprint density at radius 2 is 1.32 bits per heavy atom. The van der Waals surface area contributed by atoms with Crippen molar-refractivity contribution in [1.82, 2.24) is 9.80 Å². The Kier molecular flexibility index (Phi) is 7.01. The van der Waals surface area contributed by atoms with Crippen LogP contribution >= 0.6 is 0 Å². The van der Waals surface area contributed by atoms with Crippen LogP contribution in [0.5, 0.6) is 23.0 Å². The summed E-state index contributed by atoms with van der Waals surface area (Å²) < 4.78 is 21.7. The number of rotatable bonds is 8. The van der Waals surface area contributed by atoms with E-state index >= 15 is 0 Å². The number of piperazine rings is 1. The molecule has 1 aliphatic rings. The van der Waals surface area contributed by atoms with Crippen LogP contribution in [-0.4, -0.2) is 64.4 Å². The summed E-state index contributed by atoms with van der Waals surface area (Å²) in [7, 11) is 6.71. The fraction of sp³-hybridized carbons (Fsp3) is 0.455. The van der Waals surface area contributed by atoms with Crippen molar-refractivity contribution >= 4 is 0 Å². The van der Waals surface area contributed by atoms with E-state index in [1.165, 1.54) is 5.56 Å². The van der Waals surface area contributed by atoms with Crippen molar-refractivity contribution in [1.29, 1.82) is 0 Å². The average Bonchev–Trinajstić information content (AvgIpc) is 2.74. The number of benzene rings is 2. The van der Waals surface area contributed by atoms with Gasteiger partial charge in [0.05, 0.1) is 28.4 Å². The first kappa shape index (κ1) is 20.3. The van der Waals surface area contributed by atoms with Gasteiger partial charge >= 0.3 is 0 Å². The average molecular weight is 386 g/mol. The monoisotopic (exact) mass is 386 g/mol. The Morgan fingerprint density at radius 1 is 0.679 bits per heavy atom. The molecular weight excluding hydrogens is 356 g/mol. The van der Waals surface area contributed by atoms with E-state index in [1.807, 2.05) is 18.2 Å². The van der Waals surface area contributed by atoms with Crippen LogP contribution in [0.3, 0.4) is 0 Å². The van der Waals surface area contributed by atoms with Crippen molar-refractivity contribution in [2.75, 3.05) is 54.6 Å². The molecule has 1 aliphatic heterocycles. The molecule has 0 radical (unpaired) electrons. The maximum atomic E-state index is 5.57. The van der Waals surface area contributed by atoms with Gasteiger partial charge in [0.2, 0.25) is 0 Å². The zero-order valence-electron chi connectivity index (χ0n) is 17.2. The van der Waals surface area contributed by atoms with Crippen LogP contribution in [0.25, 0.3) is 0 Å². The molecular formula is C22H30N2O4. The third-order valence-corrected chi connectivity index (χ3v) is 5.20. The molecule has 152 valence electrons. The highest BCUT2D eigenvalue weighted by molar-refractivity contribution is 5.46. The van der Waals surface area contributed by atoms with Gasteiger partial charge in [0.25, 0.3) is 0 Å². The zero-order chi connectivity index (χ0) is 19.9. The number of nitrogens with zero attached hydrogens (tertiary/aromatic N) is 2. The number of hydrogen-bond acceptors (Lipinski definition) is 6. The van der Waals surface area contributed by atoms with Gasteiger partial charge in [0.1, 0.15) is 0 Å². The molecule has 0 saturated carbocycles. The lowest BCUT2D eigenvalue weighted by molar-refractivity contribution is 0.121. The van der Waals surface area contributed by atoms with Crippen LogP contribution < -0.4 is 18.9 Å². The van der Waals surface area contributed by atoms with Gasteiger partial charge in [-0.15, -0.1) is 0 Å². The van der Waals surface area contributed by atoms with Gasteiger partial charge < -0.3 is 18.9 Å². The summed E-state index contributed by atoms with van der Waals surface area (Å²) in [4.78, 5) is 4.93. The smallest absolute Gasteiger partial charge is 0.165 e. The van der Waals surface area contributed by atoms with E-state index in [1.54, 1.807) is 28.4 Å². The zero-order valence-corrected chi connectivity index (χ0v) is 17.2. The maximum Gasteiger partial charge on any atom is 0.165 e. The minimum Gasteiger partial charge on any atom is -0.493 e. The van der Waals surface area contributed by atoms with Crippen molar-refractivity contribution in [3.63, 3.8) is 0 Å². The maximum absolute atomic E-state index is 5.57. The highest BCUT2D eigenvalue weighted by Crippen LogP contribution is 2.32. The van der Waals surface area contributed by atoms with Gasteiger partial charge in [0.15, 0.2) is 23.0 Å². The summed E-state index contributed by atoms with van der Waals surface area (Å²) in [5.41, 5.74) is 2.40. The van der Waals surface area contributed by atoms with E-state index in [4.69, 9.17) is 18.9 Å². The van der Waals surface area contributed by atoms with Gasteiger partial charge in [-0.2, -0.15) is 0 Å².